The summed E-state index contributed by atoms with van der Waals surface area (Å²) in [5.41, 5.74) is -0.0168. The van der Waals surface area contributed by atoms with Crippen LogP contribution in [0.15, 0.2) is 36.7 Å². The summed E-state index contributed by atoms with van der Waals surface area (Å²) >= 11 is 0. The molecule has 2 aromatic rings. The molecule has 0 saturated carbocycles. The van der Waals surface area contributed by atoms with E-state index in [1.54, 1.807) is 6.07 Å². The lowest BCUT2D eigenvalue weighted by molar-refractivity contribution is -0.137. The van der Waals surface area contributed by atoms with Crippen molar-refractivity contribution < 1.29 is 22.8 Å². The molecule has 1 aromatic carbocycles. The molecule has 0 atom stereocenters. The Balaban J connectivity index is 2.10. The molecule has 0 unspecified atom stereocenters. The molecule has 22 heavy (non-hydrogen) atoms. The standard InChI is InChI=1S/C14H12F3N3O2/c1-9(21)13(22)19-12-6-18-20(8-12)7-10-3-2-4-11(5-10)14(15,16)17/h2-6,8H,7H2,1H3,(H,19,22). The van der Waals surface area contributed by atoms with Crippen LogP contribution in [0.2, 0.25) is 0 Å². The fourth-order valence-corrected chi connectivity index (χ4v) is 1.77. The van der Waals surface area contributed by atoms with E-state index in [0.29, 0.717) is 11.3 Å². The number of hydrogen-bond acceptors (Lipinski definition) is 3. The van der Waals surface area contributed by atoms with Crippen molar-refractivity contribution in [1.29, 1.82) is 0 Å². The molecule has 116 valence electrons. The van der Waals surface area contributed by atoms with Crippen molar-refractivity contribution >= 4 is 17.4 Å². The Bertz CT molecular complexity index is 707. The Morgan fingerprint density at radius 1 is 1.32 bits per heavy atom. The van der Waals surface area contributed by atoms with Crippen LogP contribution in [0.25, 0.3) is 0 Å². The number of benzene rings is 1. The molecule has 0 bridgehead atoms. The van der Waals surface area contributed by atoms with Crippen molar-refractivity contribution in [1.82, 2.24) is 9.78 Å². The lowest BCUT2D eigenvalue weighted by atomic mass is 10.1. The molecule has 0 aliphatic rings. The van der Waals surface area contributed by atoms with Gasteiger partial charge in [-0.05, 0) is 17.7 Å². The summed E-state index contributed by atoms with van der Waals surface area (Å²) in [4.78, 5) is 22.0. The summed E-state index contributed by atoms with van der Waals surface area (Å²) in [5.74, 6) is -1.43. The van der Waals surface area contributed by atoms with E-state index in [-0.39, 0.29) is 6.54 Å². The Hall–Kier alpha value is -2.64. The van der Waals surface area contributed by atoms with E-state index >= 15 is 0 Å². The van der Waals surface area contributed by atoms with Crippen molar-refractivity contribution in [3.8, 4) is 0 Å². The van der Waals surface area contributed by atoms with Crippen LogP contribution >= 0.6 is 0 Å². The number of halogens is 3. The van der Waals surface area contributed by atoms with Gasteiger partial charge in [0.15, 0.2) is 0 Å². The number of anilines is 1. The average molecular weight is 311 g/mol. The van der Waals surface area contributed by atoms with Gasteiger partial charge in [0.1, 0.15) is 0 Å². The number of amides is 1. The van der Waals surface area contributed by atoms with Gasteiger partial charge >= 0.3 is 6.18 Å². The third kappa shape index (κ3) is 3.94. The molecule has 0 spiro atoms. The minimum atomic E-state index is -4.40. The van der Waals surface area contributed by atoms with Crippen LogP contribution in [0, 0.1) is 0 Å². The molecule has 0 fully saturated rings. The number of aromatic nitrogens is 2. The molecule has 1 N–H and O–H groups in total. The summed E-state index contributed by atoms with van der Waals surface area (Å²) in [6, 6.07) is 4.89. The van der Waals surface area contributed by atoms with Crippen LogP contribution in [-0.4, -0.2) is 21.5 Å². The molecule has 1 heterocycles. The average Bonchev–Trinajstić information content (AvgIpc) is 2.85. The highest BCUT2D eigenvalue weighted by atomic mass is 19.4. The molecule has 1 aromatic heterocycles. The quantitative estimate of drug-likeness (QED) is 0.882. The third-order valence-electron chi connectivity index (χ3n) is 2.81. The van der Waals surface area contributed by atoms with Crippen LogP contribution in [0.1, 0.15) is 18.1 Å². The van der Waals surface area contributed by atoms with Crippen LogP contribution in [-0.2, 0) is 22.3 Å². The number of alkyl halides is 3. The largest absolute Gasteiger partial charge is 0.416 e. The maximum absolute atomic E-state index is 12.6. The van der Waals surface area contributed by atoms with Gasteiger partial charge in [-0.1, -0.05) is 12.1 Å². The van der Waals surface area contributed by atoms with Crippen molar-refractivity contribution in [3.63, 3.8) is 0 Å². The van der Waals surface area contributed by atoms with Gasteiger partial charge in [0.2, 0.25) is 5.78 Å². The monoisotopic (exact) mass is 311 g/mol. The number of nitrogens with one attached hydrogen (secondary N) is 1. The first-order valence-corrected chi connectivity index (χ1v) is 6.26. The SMILES string of the molecule is CC(=O)C(=O)Nc1cnn(Cc2cccc(C(F)(F)F)c2)c1. The van der Waals surface area contributed by atoms with Crippen LogP contribution < -0.4 is 5.32 Å². The Morgan fingerprint density at radius 3 is 2.68 bits per heavy atom. The molecule has 2 rings (SSSR count). The lowest BCUT2D eigenvalue weighted by Crippen LogP contribution is -2.19. The van der Waals surface area contributed by atoms with E-state index in [1.165, 1.54) is 23.1 Å². The molecule has 0 saturated heterocycles. The maximum atomic E-state index is 12.6. The number of carbonyl (C=O) groups excluding carboxylic acids is 2. The first-order valence-electron chi connectivity index (χ1n) is 6.26. The minimum absolute atomic E-state index is 0.111. The zero-order chi connectivity index (χ0) is 16.3. The van der Waals surface area contributed by atoms with Crippen LogP contribution in [0.5, 0.6) is 0 Å². The van der Waals surface area contributed by atoms with E-state index in [0.717, 1.165) is 19.1 Å². The van der Waals surface area contributed by atoms with Crippen molar-refractivity contribution in [3.05, 3.63) is 47.8 Å². The predicted molar refractivity (Wildman–Crippen MR) is 72.1 cm³/mol. The number of hydrogen-bond donors (Lipinski definition) is 1. The molecule has 0 radical (unpaired) electrons. The summed E-state index contributed by atoms with van der Waals surface area (Å²) in [6.07, 6.45) is -1.66. The third-order valence-corrected chi connectivity index (χ3v) is 2.81. The van der Waals surface area contributed by atoms with Crippen molar-refractivity contribution in [2.45, 2.75) is 19.6 Å². The van der Waals surface area contributed by atoms with Crippen LogP contribution in [0.4, 0.5) is 18.9 Å². The second-order valence-electron chi connectivity index (χ2n) is 4.64. The van der Waals surface area contributed by atoms with Crippen molar-refractivity contribution in [2.24, 2.45) is 0 Å². The zero-order valence-electron chi connectivity index (χ0n) is 11.5. The molecule has 5 nitrogen and oxygen atoms in total. The van der Waals surface area contributed by atoms with Gasteiger partial charge < -0.3 is 5.32 Å². The van der Waals surface area contributed by atoms with Gasteiger partial charge in [0.25, 0.3) is 5.91 Å². The second kappa shape index (κ2) is 6.00. The van der Waals surface area contributed by atoms with E-state index in [2.05, 4.69) is 10.4 Å². The van der Waals surface area contributed by atoms with Gasteiger partial charge in [-0.3, -0.25) is 14.3 Å². The van der Waals surface area contributed by atoms with Gasteiger partial charge in [-0.25, -0.2) is 0 Å². The van der Waals surface area contributed by atoms with Gasteiger partial charge in [-0.15, -0.1) is 0 Å². The summed E-state index contributed by atoms with van der Waals surface area (Å²) in [6.45, 7) is 1.24. The first kappa shape index (κ1) is 15.7. The number of ketones is 1. The van der Waals surface area contributed by atoms with Crippen LogP contribution in [0.3, 0.4) is 0 Å². The molecular weight excluding hydrogens is 299 g/mol. The van der Waals surface area contributed by atoms with E-state index in [4.69, 9.17) is 0 Å². The normalized spacial score (nSPS) is 11.3. The van der Waals surface area contributed by atoms with Gasteiger partial charge in [0, 0.05) is 13.1 Å². The predicted octanol–water partition coefficient (Wildman–Crippen LogP) is 2.48. The smallest absolute Gasteiger partial charge is 0.317 e. The highest BCUT2D eigenvalue weighted by Crippen LogP contribution is 2.29. The van der Waals surface area contributed by atoms with Gasteiger partial charge in [-0.2, -0.15) is 18.3 Å². The maximum Gasteiger partial charge on any atom is 0.416 e. The molecule has 0 aliphatic carbocycles. The zero-order valence-corrected chi connectivity index (χ0v) is 11.5. The Labute approximate surface area is 123 Å². The fraction of sp³-hybridized carbons (Fsp3) is 0.214. The second-order valence-corrected chi connectivity index (χ2v) is 4.64. The highest BCUT2D eigenvalue weighted by Gasteiger charge is 2.30. The highest BCUT2D eigenvalue weighted by molar-refractivity contribution is 6.39. The van der Waals surface area contributed by atoms with E-state index in [9.17, 15) is 22.8 Å². The topological polar surface area (TPSA) is 64.0 Å². The van der Waals surface area contributed by atoms with E-state index in [1.807, 2.05) is 0 Å². The Morgan fingerprint density at radius 2 is 2.05 bits per heavy atom. The fourth-order valence-electron chi connectivity index (χ4n) is 1.77. The number of carbonyl (C=O) groups is 2. The molecule has 0 aliphatic heterocycles. The van der Waals surface area contributed by atoms with Crippen molar-refractivity contribution in [2.75, 3.05) is 5.32 Å². The molecule has 8 heteroatoms. The van der Waals surface area contributed by atoms with Gasteiger partial charge in [0.05, 0.1) is 24.0 Å². The summed E-state index contributed by atoms with van der Waals surface area (Å²) < 4.78 is 39.3. The number of rotatable bonds is 4. The lowest BCUT2D eigenvalue weighted by Gasteiger charge is -2.08. The first-order chi connectivity index (χ1) is 10.3. The summed E-state index contributed by atoms with van der Waals surface area (Å²) in [7, 11) is 0. The Kier molecular flexibility index (Phi) is 4.30. The van der Waals surface area contributed by atoms with E-state index < -0.39 is 23.4 Å². The molecule has 1 amide bonds. The molecular formula is C14H12F3N3O2. The summed E-state index contributed by atoms with van der Waals surface area (Å²) in [5, 5.41) is 6.26. The number of nitrogens with zero attached hydrogens (tertiary/aromatic N) is 2. The number of Topliss-reactive ketones (excluding diaryl/α,β-unsaturated/α-hetero) is 1. The minimum Gasteiger partial charge on any atom is -0.317 e.